The van der Waals surface area contributed by atoms with Crippen molar-refractivity contribution in [3.8, 4) is 11.5 Å². The highest BCUT2D eigenvalue weighted by atomic mass is 32.2. The van der Waals surface area contributed by atoms with Crippen molar-refractivity contribution in [2.24, 2.45) is 0 Å². The SMILES string of the molecule is CCN(CC1COc2ccccc2O1)C(=O)CSc1n[nH]c(C2CC2)n1. The average molecular weight is 374 g/mol. The van der Waals surface area contributed by atoms with Crippen LogP contribution in [0.15, 0.2) is 29.4 Å². The summed E-state index contributed by atoms with van der Waals surface area (Å²) in [6.07, 6.45) is 2.19. The molecule has 26 heavy (non-hydrogen) atoms. The third-order valence-electron chi connectivity index (χ3n) is 4.50. The Morgan fingerprint density at radius 2 is 2.15 bits per heavy atom. The number of carbonyl (C=O) groups is 1. The van der Waals surface area contributed by atoms with Gasteiger partial charge in [0.15, 0.2) is 17.6 Å². The first kappa shape index (κ1) is 17.2. The summed E-state index contributed by atoms with van der Waals surface area (Å²) in [4.78, 5) is 18.8. The molecule has 1 N–H and O–H groups in total. The molecule has 1 atom stereocenters. The van der Waals surface area contributed by atoms with Gasteiger partial charge in [0.1, 0.15) is 12.4 Å². The first-order chi connectivity index (χ1) is 12.7. The highest BCUT2D eigenvalue weighted by Gasteiger charge is 2.28. The third-order valence-corrected chi connectivity index (χ3v) is 5.33. The van der Waals surface area contributed by atoms with Gasteiger partial charge in [0.2, 0.25) is 11.1 Å². The first-order valence-electron chi connectivity index (χ1n) is 8.94. The third kappa shape index (κ3) is 3.95. The molecule has 0 bridgehead atoms. The van der Waals surface area contributed by atoms with E-state index in [9.17, 15) is 4.79 Å². The van der Waals surface area contributed by atoms with E-state index < -0.39 is 0 Å². The Balaban J connectivity index is 1.29. The zero-order valence-electron chi connectivity index (χ0n) is 14.7. The lowest BCUT2D eigenvalue weighted by molar-refractivity contribution is -0.129. The molecule has 0 radical (unpaired) electrons. The van der Waals surface area contributed by atoms with Crippen molar-refractivity contribution in [3.05, 3.63) is 30.1 Å². The number of aromatic nitrogens is 3. The van der Waals surface area contributed by atoms with Crippen LogP contribution in [0, 0.1) is 0 Å². The van der Waals surface area contributed by atoms with E-state index in [-0.39, 0.29) is 12.0 Å². The number of hydrogen-bond donors (Lipinski definition) is 1. The van der Waals surface area contributed by atoms with Crippen LogP contribution in [-0.4, -0.2) is 57.5 Å². The van der Waals surface area contributed by atoms with Crippen molar-refractivity contribution in [1.82, 2.24) is 20.1 Å². The first-order valence-corrected chi connectivity index (χ1v) is 9.93. The lowest BCUT2D eigenvalue weighted by Gasteiger charge is -2.30. The Morgan fingerprint density at radius 3 is 2.92 bits per heavy atom. The van der Waals surface area contributed by atoms with Crippen molar-refractivity contribution in [2.75, 3.05) is 25.4 Å². The minimum atomic E-state index is -0.163. The van der Waals surface area contributed by atoms with Gasteiger partial charge in [-0.15, -0.1) is 5.10 Å². The fraction of sp³-hybridized carbons (Fsp3) is 0.500. The van der Waals surface area contributed by atoms with Crippen LogP contribution >= 0.6 is 11.8 Å². The largest absolute Gasteiger partial charge is 0.486 e. The molecule has 138 valence electrons. The number of para-hydroxylation sites is 2. The van der Waals surface area contributed by atoms with Gasteiger partial charge in [-0.3, -0.25) is 9.89 Å². The lowest BCUT2D eigenvalue weighted by Crippen LogP contribution is -2.44. The van der Waals surface area contributed by atoms with Crippen LogP contribution in [-0.2, 0) is 4.79 Å². The van der Waals surface area contributed by atoms with Crippen LogP contribution in [0.25, 0.3) is 0 Å². The molecule has 1 aromatic heterocycles. The predicted octanol–water partition coefficient (Wildman–Crippen LogP) is 2.46. The van der Waals surface area contributed by atoms with Crippen LogP contribution in [0.2, 0.25) is 0 Å². The number of ether oxygens (including phenoxy) is 2. The van der Waals surface area contributed by atoms with Gasteiger partial charge < -0.3 is 14.4 Å². The smallest absolute Gasteiger partial charge is 0.233 e. The lowest BCUT2D eigenvalue weighted by atomic mass is 10.2. The van der Waals surface area contributed by atoms with Gasteiger partial charge in [-0.25, -0.2) is 4.98 Å². The molecule has 1 aromatic carbocycles. The number of nitrogens with zero attached hydrogens (tertiary/aromatic N) is 3. The Morgan fingerprint density at radius 1 is 1.35 bits per heavy atom. The number of benzene rings is 1. The highest BCUT2D eigenvalue weighted by molar-refractivity contribution is 7.99. The second-order valence-electron chi connectivity index (χ2n) is 6.50. The second kappa shape index (κ2) is 7.57. The standard InChI is InChI=1S/C18H22N4O3S/c1-2-22(9-13-10-24-14-5-3-4-6-15(14)25-13)16(23)11-26-18-19-17(20-21-18)12-7-8-12/h3-6,12-13H,2,7-11H2,1H3,(H,19,20,21). The molecule has 1 fully saturated rings. The number of hydrogen-bond acceptors (Lipinski definition) is 6. The van der Waals surface area contributed by atoms with E-state index in [0.717, 1.165) is 17.3 Å². The monoisotopic (exact) mass is 374 g/mol. The van der Waals surface area contributed by atoms with Gasteiger partial charge in [0.05, 0.1) is 12.3 Å². The van der Waals surface area contributed by atoms with Crippen molar-refractivity contribution >= 4 is 17.7 Å². The molecular formula is C18H22N4O3S. The number of fused-ring (bicyclic) bond motifs is 1. The van der Waals surface area contributed by atoms with Crippen LogP contribution < -0.4 is 9.47 Å². The molecule has 0 saturated heterocycles. The Labute approximate surface area is 156 Å². The van der Waals surface area contributed by atoms with Gasteiger partial charge in [-0.2, -0.15) is 0 Å². The number of thioether (sulfide) groups is 1. The van der Waals surface area contributed by atoms with Gasteiger partial charge >= 0.3 is 0 Å². The molecule has 1 saturated carbocycles. The normalized spacial score (nSPS) is 18.6. The number of amides is 1. The van der Waals surface area contributed by atoms with Gasteiger partial charge in [-0.1, -0.05) is 23.9 Å². The molecule has 1 aliphatic heterocycles. The summed E-state index contributed by atoms with van der Waals surface area (Å²) in [5.41, 5.74) is 0. The number of aromatic amines is 1. The number of likely N-dealkylation sites (N-methyl/N-ethyl adjacent to an activating group) is 1. The second-order valence-corrected chi connectivity index (χ2v) is 7.44. The summed E-state index contributed by atoms with van der Waals surface area (Å²) in [6, 6.07) is 7.60. The molecule has 4 rings (SSSR count). The van der Waals surface area contributed by atoms with Crippen molar-refractivity contribution in [1.29, 1.82) is 0 Å². The van der Waals surface area contributed by atoms with Crippen LogP contribution in [0.5, 0.6) is 11.5 Å². The van der Waals surface area contributed by atoms with Crippen LogP contribution in [0.1, 0.15) is 31.5 Å². The molecule has 1 amide bonds. The van der Waals surface area contributed by atoms with E-state index in [0.29, 0.717) is 36.5 Å². The van der Waals surface area contributed by atoms with Crippen molar-refractivity contribution in [3.63, 3.8) is 0 Å². The van der Waals surface area contributed by atoms with Gasteiger partial charge in [0.25, 0.3) is 0 Å². The van der Waals surface area contributed by atoms with Gasteiger partial charge in [0, 0.05) is 12.5 Å². The fourth-order valence-electron chi connectivity index (χ4n) is 2.89. The van der Waals surface area contributed by atoms with E-state index >= 15 is 0 Å². The summed E-state index contributed by atoms with van der Waals surface area (Å²) >= 11 is 1.37. The van der Waals surface area contributed by atoms with E-state index in [1.54, 1.807) is 4.90 Å². The fourth-order valence-corrected chi connectivity index (χ4v) is 3.59. The Hall–Kier alpha value is -2.22. The van der Waals surface area contributed by atoms with Crippen molar-refractivity contribution < 1.29 is 14.3 Å². The van der Waals surface area contributed by atoms with Gasteiger partial charge in [-0.05, 0) is 31.9 Å². The number of nitrogens with one attached hydrogen (secondary N) is 1. The minimum Gasteiger partial charge on any atom is -0.486 e. The number of H-pyrrole nitrogens is 1. The minimum absolute atomic E-state index is 0.0535. The zero-order chi connectivity index (χ0) is 17.9. The van der Waals surface area contributed by atoms with E-state index in [1.807, 2.05) is 31.2 Å². The molecule has 7 nitrogen and oxygen atoms in total. The molecule has 2 aromatic rings. The zero-order valence-corrected chi connectivity index (χ0v) is 15.5. The summed E-state index contributed by atoms with van der Waals surface area (Å²) < 4.78 is 11.7. The molecule has 1 unspecified atom stereocenters. The predicted molar refractivity (Wildman–Crippen MR) is 97.7 cm³/mol. The van der Waals surface area contributed by atoms with E-state index in [2.05, 4.69) is 15.2 Å². The highest BCUT2D eigenvalue weighted by Crippen LogP contribution is 2.38. The van der Waals surface area contributed by atoms with E-state index in [4.69, 9.17) is 9.47 Å². The summed E-state index contributed by atoms with van der Waals surface area (Å²) in [5.74, 6) is 3.34. The maximum Gasteiger partial charge on any atom is 0.233 e. The topological polar surface area (TPSA) is 80.3 Å². The number of carbonyl (C=O) groups excluding carboxylic acids is 1. The van der Waals surface area contributed by atoms with Crippen LogP contribution in [0.4, 0.5) is 0 Å². The molecule has 0 spiro atoms. The molecule has 2 heterocycles. The summed E-state index contributed by atoms with van der Waals surface area (Å²) in [7, 11) is 0. The molecular weight excluding hydrogens is 352 g/mol. The van der Waals surface area contributed by atoms with Crippen LogP contribution in [0.3, 0.4) is 0 Å². The van der Waals surface area contributed by atoms with E-state index in [1.165, 1.54) is 24.6 Å². The maximum absolute atomic E-state index is 12.6. The average Bonchev–Trinajstić information content (AvgIpc) is 3.42. The Kier molecular flexibility index (Phi) is 5.01. The van der Waals surface area contributed by atoms with Crippen molar-refractivity contribution in [2.45, 2.75) is 36.9 Å². The quantitative estimate of drug-likeness (QED) is 0.750. The molecule has 1 aliphatic carbocycles. The number of rotatable bonds is 7. The maximum atomic E-state index is 12.6. The molecule has 2 aliphatic rings. The summed E-state index contributed by atoms with van der Waals surface area (Å²) in [5, 5.41) is 7.79. The molecule has 8 heteroatoms. The Bertz CT molecular complexity index is 777. The summed E-state index contributed by atoms with van der Waals surface area (Å²) in [6.45, 7) is 3.55.